The van der Waals surface area contributed by atoms with Gasteiger partial charge in [0.05, 0.1) is 0 Å². The normalized spacial score (nSPS) is 24.1. The van der Waals surface area contributed by atoms with Crippen LogP contribution in [0.3, 0.4) is 0 Å². The molecule has 1 amide bonds. The van der Waals surface area contributed by atoms with Gasteiger partial charge < -0.3 is 5.32 Å². The standard InChI is InChI=1S/C12H20BrF2NO/c1-8(7-13)9(2)16-11(17)10-3-5-12(14,15)6-4-10/h8-10H,3-7H2,1-2H3,(H,16,17). The summed E-state index contributed by atoms with van der Waals surface area (Å²) in [6, 6.07) is 0.0734. The fourth-order valence-electron chi connectivity index (χ4n) is 1.92. The maximum atomic E-state index is 12.9. The van der Waals surface area contributed by atoms with Gasteiger partial charge in [-0.3, -0.25) is 4.79 Å². The SMILES string of the molecule is CC(CBr)C(C)NC(=O)C1CCC(F)(F)CC1. The molecule has 0 saturated heterocycles. The first-order valence-electron chi connectivity index (χ1n) is 6.10. The second kappa shape index (κ2) is 6.12. The van der Waals surface area contributed by atoms with Crippen LogP contribution in [0.4, 0.5) is 8.78 Å². The van der Waals surface area contributed by atoms with Crippen LogP contribution >= 0.6 is 15.9 Å². The molecule has 0 aliphatic heterocycles. The van der Waals surface area contributed by atoms with Crippen molar-refractivity contribution >= 4 is 21.8 Å². The monoisotopic (exact) mass is 311 g/mol. The molecule has 0 aromatic carbocycles. The lowest BCUT2D eigenvalue weighted by Crippen LogP contribution is -2.43. The molecule has 0 bridgehead atoms. The molecule has 2 atom stereocenters. The van der Waals surface area contributed by atoms with Gasteiger partial charge in [0.15, 0.2) is 0 Å². The Labute approximate surface area is 110 Å². The zero-order valence-corrected chi connectivity index (χ0v) is 11.9. The number of carbonyl (C=O) groups is 1. The third-order valence-electron chi connectivity index (χ3n) is 3.55. The molecule has 2 nitrogen and oxygen atoms in total. The van der Waals surface area contributed by atoms with Gasteiger partial charge in [-0.1, -0.05) is 22.9 Å². The van der Waals surface area contributed by atoms with Crippen LogP contribution in [0, 0.1) is 11.8 Å². The summed E-state index contributed by atoms with van der Waals surface area (Å²) in [6.07, 6.45) is 0.281. The highest BCUT2D eigenvalue weighted by Gasteiger charge is 2.37. The van der Waals surface area contributed by atoms with Crippen LogP contribution in [0.2, 0.25) is 0 Å². The van der Waals surface area contributed by atoms with Gasteiger partial charge in [0.1, 0.15) is 0 Å². The predicted molar refractivity (Wildman–Crippen MR) is 67.5 cm³/mol. The van der Waals surface area contributed by atoms with Gasteiger partial charge in [-0.25, -0.2) is 8.78 Å². The average Bonchev–Trinajstić information content (AvgIpc) is 2.27. The van der Waals surface area contributed by atoms with Gasteiger partial charge in [-0.05, 0) is 25.7 Å². The molecule has 1 aliphatic rings. The third-order valence-corrected chi connectivity index (χ3v) is 4.58. The topological polar surface area (TPSA) is 29.1 Å². The molecule has 5 heteroatoms. The van der Waals surface area contributed by atoms with Gasteiger partial charge in [-0.15, -0.1) is 0 Å². The Bertz CT molecular complexity index is 263. The van der Waals surface area contributed by atoms with Crippen molar-refractivity contribution in [2.75, 3.05) is 5.33 Å². The lowest BCUT2D eigenvalue weighted by atomic mass is 9.86. The first-order chi connectivity index (χ1) is 7.85. The quantitative estimate of drug-likeness (QED) is 0.793. The Morgan fingerprint density at radius 2 is 1.94 bits per heavy atom. The van der Waals surface area contributed by atoms with Gasteiger partial charge in [0.2, 0.25) is 11.8 Å². The van der Waals surface area contributed by atoms with Crippen LogP contribution in [0.15, 0.2) is 0 Å². The van der Waals surface area contributed by atoms with E-state index in [0.29, 0.717) is 18.8 Å². The smallest absolute Gasteiger partial charge is 0.248 e. The average molecular weight is 312 g/mol. The highest BCUT2D eigenvalue weighted by Crippen LogP contribution is 2.36. The summed E-state index contributed by atoms with van der Waals surface area (Å²) >= 11 is 3.37. The zero-order valence-electron chi connectivity index (χ0n) is 10.3. The Morgan fingerprint density at radius 1 is 1.41 bits per heavy atom. The van der Waals surface area contributed by atoms with E-state index in [9.17, 15) is 13.6 Å². The lowest BCUT2D eigenvalue weighted by Gasteiger charge is -2.29. The molecule has 0 radical (unpaired) electrons. The fourth-order valence-corrected chi connectivity index (χ4v) is 2.48. The number of nitrogens with one attached hydrogen (secondary N) is 1. The van der Waals surface area contributed by atoms with Crippen molar-refractivity contribution in [3.63, 3.8) is 0 Å². The van der Waals surface area contributed by atoms with E-state index in [1.807, 2.05) is 13.8 Å². The van der Waals surface area contributed by atoms with Crippen molar-refractivity contribution in [3.05, 3.63) is 0 Å². The summed E-state index contributed by atoms with van der Waals surface area (Å²) in [6.45, 7) is 3.98. The van der Waals surface area contributed by atoms with Gasteiger partial charge >= 0.3 is 0 Å². The van der Waals surface area contributed by atoms with E-state index in [2.05, 4.69) is 21.2 Å². The van der Waals surface area contributed by atoms with Gasteiger partial charge in [0, 0.05) is 30.1 Å². The first kappa shape index (κ1) is 14.9. The number of rotatable bonds is 4. The molecule has 1 rings (SSSR count). The molecule has 0 aromatic heterocycles. The molecular formula is C12H20BrF2NO. The van der Waals surface area contributed by atoms with E-state index in [4.69, 9.17) is 0 Å². The minimum Gasteiger partial charge on any atom is -0.353 e. The van der Waals surface area contributed by atoms with Gasteiger partial charge in [0.25, 0.3) is 0 Å². The second-order valence-electron chi connectivity index (χ2n) is 5.06. The van der Waals surface area contributed by atoms with Crippen LogP contribution in [0.25, 0.3) is 0 Å². The van der Waals surface area contributed by atoms with E-state index in [1.165, 1.54) is 0 Å². The second-order valence-corrected chi connectivity index (χ2v) is 5.71. The number of amides is 1. The number of hydrogen-bond acceptors (Lipinski definition) is 1. The minimum atomic E-state index is -2.56. The number of hydrogen-bond donors (Lipinski definition) is 1. The first-order valence-corrected chi connectivity index (χ1v) is 7.22. The Kier molecular flexibility index (Phi) is 5.35. The maximum absolute atomic E-state index is 12.9. The van der Waals surface area contributed by atoms with Crippen LogP contribution in [-0.2, 0) is 4.79 Å². The number of alkyl halides is 3. The number of halogens is 3. The van der Waals surface area contributed by atoms with E-state index >= 15 is 0 Å². The van der Waals surface area contributed by atoms with Crippen LogP contribution < -0.4 is 5.32 Å². The van der Waals surface area contributed by atoms with Crippen molar-refractivity contribution in [2.24, 2.45) is 11.8 Å². The van der Waals surface area contributed by atoms with E-state index < -0.39 is 5.92 Å². The summed E-state index contributed by atoms with van der Waals surface area (Å²) in [5.41, 5.74) is 0. The minimum absolute atomic E-state index is 0.0687. The van der Waals surface area contributed by atoms with Crippen molar-refractivity contribution in [1.82, 2.24) is 5.32 Å². The highest BCUT2D eigenvalue weighted by atomic mass is 79.9. The van der Waals surface area contributed by atoms with Crippen molar-refractivity contribution in [1.29, 1.82) is 0 Å². The van der Waals surface area contributed by atoms with Crippen LogP contribution in [0.5, 0.6) is 0 Å². The molecule has 0 spiro atoms. The van der Waals surface area contributed by atoms with Crippen molar-refractivity contribution < 1.29 is 13.6 Å². The molecule has 1 aliphatic carbocycles. The molecule has 2 unspecified atom stereocenters. The molecule has 1 N–H and O–H groups in total. The Hall–Kier alpha value is -0.190. The van der Waals surface area contributed by atoms with E-state index in [0.717, 1.165) is 5.33 Å². The fraction of sp³-hybridized carbons (Fsp3) is 0.917. The molecule has 1 saturated carbocycles. The molecule has 0 heterocycles. The summed E-state index contributed by atoms with van der Waals surface area (Å²) in [4.78, 5) is 11.9. The third kappa shape index (κ3) is 4.53. The van der Waals surface area contributed by atoms with E-state index in [1.54, 1.807) is 0 Å². The molecule has 1 fully saturated rings. The molecule has 0 aromatic rings. The van der Waals surface area contributed by atoms with Crippen LogP contribution in [0.1, 0.15) is 39.5 Å². The largest absolute Gasteiger partial charge is 0.353 e. The predicted octanol–water partition coefficient (Wildman–Crippen LogP) is 3.35. The van der Waals surface area contributed by atoms with Crippen molar-refractivity contribution in [3.8, 4) is 0 Å². The summed E-state index contributed by atoms with van der Waals surface area (Å²) in [7, 11) is 0. The summed E-state index contributed by atoms with van der Waals surface area (Å²) in [5, 5.41) is 3.73. The maximum Gasteiger partial charge on any atom is 0.248 e. The lowest BCUT2D eigenvalue weighted by molar-refractivity contribution is -0.130. The van der Waals surface area contributed by atoms with Crippen molar-refractivity contribution in [2.45, 2.75) is 51.5 Å². The number of carbonyl (C=O) groups excluding carboxylic acids is 1. The summed E-state index contributed by atoms with van der Waals surface area (Å²) in [5.74, 6) is -2.53. The Morgan fingerprint density at radius 3 is 2.41 bits per heavy atom. The summed E-state index contributed by atoms with van der Waals surface area (Å²) < 4.78 is 25.9. The molecule has 100 valence electrons. The highest BCUT2D eigenvalue weighted by molar-refractivity contribution is 9.09. The molecular weight excluding hydrogens is 292 g/mol. The zero-order chi connectivity index (χ0) is 13.1. The van der Waals surface area contributed by atoms with E-state index in [-0.39, 0.29) is 30.7 Å². The van der Waals surface area contributed by atoms with Crippen LogP contribution in [-0.4, -0.2) is 23.2 Å². The Balaban J connectivity index is 2.39. The van der Waals surface area contributed by atoms with Gasteiger partial charge in [-0.2, -0.15) is 0 Å². The molecule has 17 heavy (non-hydrogen) atoms.